The number of oxazole rings is 1. The molecule has 0 aliphatic heterocycles. The summed E-state index contributed by atoms with van der Waals surface area (Å²) in [5, 5.41) is 0. The molecule has 4 nitrogen and oxygen atoms in total. The minimum Gasteiger partial charge on any atom is -0.441 e. The lowest BCUT2D eigenvalue weighted by atomic mass is 10.2. The summed E-state index contributed by atoms with van der Waals surface area (Å²) in [7, 11) is 0. The molecule has 0 fully saturated rings. The second-order valence-electron chi connectivity index (χ2n) is 3.82. The first-order chi connectivity index (χ1) is 8.42. The van der Waals surface area contributed by atoms with Crippen molar-refractivity contribution in [2.75, 3.05) is 0 Å². The van der Waals surface area contributed by atoms with Crippen LogP contribution in [0.4, 0.5) is 0 Å². The molecule has 0 aliphatic rings. The van der Waals surface area contributed by atoms with Gasteiger partial charge in [-0.05, 0) is 24.1 Å². The van der Waals surface area contributed by atoms with Crippen LogP contribution in [0.5, 0.6) is 0 Å². The van der Waals surface area contributed by atoms with Crippen molar-refractivity contribution in [1.82, 2.24) is 15.0 Å². The van der Waals surface area contributed by atoms with Crippen LogP contribution in [0, 0.1) is 0 Å². The van der Waals surface area contributed by atoms with E-state index < -0.39 is 0 Å². The van der Waals surface area contributed by atoms with Gasteiger partial charge in [0, 0.05) is 18.8 Å². The van der Waals surface area contributed by atoms with Crippen LogP contribution in [0.2, 0.25) is 0 Å². The largest absolute Gasteiger partial charge is 0.441 e. The minimum absolute atomic E-state index is 0.759. The van der Waals surface area contributed by atoms with Gasteiger partial charge in [0.05, 0.1) is 0 Å². The molecule has 0 saturated heterocycles. The van der Waals surface area contributed by atoms with Gasteiger partial charge in [-0.3, -0.25) is 0 Å². The van der Waals surface area contributed by atoms with E-state index in [2.05, 4.69) is 15.0 Å². The zero-order chi connectivity index (χ0) is 11.5. The number of benzene rings is 1. The van der Waals surface area contributed by atoms with Crippen molar-refractivity contribution >= 4 is 11.1 Å². The molecule has 4 heteroatoms. The second-order valence-corrected chi connectivity index (χ2v) is 3.82. The Hall–Kier alpha value is -2.23. The molecule has 3 aromatic rings. The monoisotopic (exact) mass is 225 g/mol. The Kier molecular flexibility index (Phi) is 2.54. The second kappa shape index (κ2) is 4.33. The lowest BCUT2D eigenvalue weighted by Crippen LogP contribution is -1.92. The van der Waals surface area contributed by atoms with Crippen LogP contribution in [-0.2, 0) is 12.8 Å². The normalized spacial score (nSPS) is 10.8. The number of rotatable bonds is 3. The highest BCUT2D eigenvalue weighted by Gasteiger charge is 2.05. The Morgan fingerprint density at radius 2 is 1.82 bits per heavy atom. The lowest BCUT2D eigenvalue weighted by molar-refractivity contribution is 0.528. The molecule has 2 aromatic heterocycles. The molecule has 0 unspecified atom stereocenters. The summed E-state index contributed by atoms with van der Waals surface area (Å²) in [6.07, 6.45) is 6.77. The number of fused-ring (bicyclic) bond motifs is 1. The Morgan fingerprint density at radius 1 is 1.00 bits per heavy atom. The fourth-order valence-corrected chi connectivity index (χ4v) is 1.74. The molecule has 84 valence electrons. The zero-order valence-electron chi connectivity index (χ0n) is 9.21. The zero-order valence-corrected chi connectivity index (χ0v) is 9.21. The van der Waals surface area contributed by atoms with Gasteiger partial charge in [0.25, 0.3) is 0 Å². The third-order valence-corrected chi connectivity index (χ3v) is 2.58. The summed E-state index contributed by atoms with van der Waals surface area (Å²) in [5.74, 6) is 0.759. The number of nitrogens with zero attached hydrogens (tertiary/aromatic N) is 3. The summed E-state index contributed by atoms with van der Waals surface area (Å²) in [6, 6.07) is 7.79. The molecule has 0 atom stereocenters. The third-order valence-electron chi connectivity index (χ3n) is 2.58. The van der Waals surface area contributed by atoms with E-state index >= 15 is 0 Å². The van der Waals surface area contributed by atoms with Gasteiger partial charge in [-0.2, -0.15) is 0 Å². The van der Waals surface area contributed by atoms with E-state index in [1.807, 2.05) is 36.7 Å². The summed E-state index contributed by atoms with van der Waals surface area (Å²) in [6.45, 7) is 0. The minimum atomic E-state index is 0.759. The molecular formula is C13H11N3O. The van der Waals surface area contributed by atoms with Crippen LogP contribution < -0.4 is 0 Å². The third kappa shape index (κ3) is 2.15. The lowest BCUT2D eigenvalue weighted by Gasteiger charge is -1.95. The molecule has 3 rings (SSSR count). The fraction of sp³-hybridized carbons (Fsp3) is 0.154. The molecule has 0 radical (unpaired) electrons. The van der Waals surface area contributed by atoms with Crippen molar-refractivity contribution in [3.63, 3.8) is 0 Å². The highest BCUT2D eigenvalue weighted by Crippen LogP contribution is 2.15. The fourth-order valence-electron chi connectivity index (χ4n) is 1.74. The van der Waals surface area contributed by atoms with Crippen LogP contribution in [0.25, 0.3) is 11.1 Å². The molecule has 0 spiro atoms. The van der Waals surface area contributed by atoms with E-state index in [1.54, 1.807) is 0 Å². The van der Waals surface area contributed by atoms with Crippen molar-refractivity contribution in [3.05, 3.63) is 54.4 Å². The Bertz CT molecular complexity index is 586. The van der Waals surface area contributed by atoms with Gasteiger partial charge in [0.1, 0.15) is 11.8 Å². The summed E-state index contributed by atoms with van der Waals surface area (Å²) in [5.41, 5.74) is 2.84. The SMILES string of the molecule is c1ccc2oc(CCc3cncnc3)nc2c1. The van der Waals surface area contributed by atoms with Crippen molar-refractivity contribution in [2.45, 2.75) is 12.8 Å². The van der Waals surface area contributed by atoms with Crippen LogP contribution >= 0.6 is 0 Å². The van der Waals surface area contributed by atoms with Crippen molar-refractivity contribution in [2.24, 2.45) is 0 Å². The molecule has 0 saturated carbocycles. The van der Waals surface area contributed by atoms with Gasteiger partial charge in [-0.1, -0.05) is 12.1 Å². The van der Waals surface area contributed by atoms with E-state index in [1.165, 1.54) is 6.33 Å². The van der Waals surface area contributed by atoms with Gasteiger partial charge in [-0.25, -0.2) is 15.0 Å². The molecule has 17 heavy (non-hydrogen) atoms. The van der Waals surface area contributed by atoms with Crippen LogP contribution in [0.1, 0.15) is 11.5 Å². The Balaban J connectivity index is 1.77. The summed E-state index contributed by atoms with van der Waals surface area (Å²) in [4.78, 5) is 12.4. The van der Waals surface area contributed by atoms with Crippen LogP contribution in [-0.4, -0.2) is 15.0 Å². The first kappa shape index (κ1) is 9.96. The predicted molar refractivity (Wildman–Crippen MR) is 63.4 cm³/mol. The Morgan fingerprint density at radius 3 is 2.65 bits per heavy atom. The van der Waals surface area contributed by atoms with E-state index in [9.17, 15) is 0 Å². The number of aryl methyl sites for hydroxylation is 2. The molecule has 0 bridgehead atoms. The van der Waals surface area contributed by atoms with Gasteiger partial charge in [-0.15, -0.1) is 0 Å². The Labute approximate surface area is 98.4 Å². The number of hydrogen-bond donors (Lipinski definition) is 0. The molecular weight excluding hydrogens is 214 g/mol. The van der Waals surface area contributed by atoms with Gasteiger partial charge in [0.15, 0.2) is 11.5 Å². The highest BCUT2D eigenvalue weighted by molar-refractivity contribution is 5.72. The topological polar surface area (TPSA) is 51.8 Å². The quantitative estimate of drug-likeness (QED) is 0.686. The van der Waals surface area contributed by atoms with E-state index in [0.29, 0.717) is 0 Å². The molecule has 0 N–H and O–H groups in total. The van der Waals surface area contributed by atoms with Crippen molar-refractivity contribution < 1.29 is 4.42 Å². The number of hydrogen-bond acceptors (Lipinski definition) is 4. The van der Waals surface area contributed by atoms with Gasteiger partial charge >= 0.3 is 0 Å². The maximum Gasteiger partial charge on any atom is 0.195 e. The number of aromatic nitrogens is 3. The first-order valence-corrected chi connectivity index (χ1v) is 5.50. The molecule has 0 aliphatic carbocycles. The maximum absolute atomic E-state index is 5.64. The average Bonchev–Trinajstić information content (AvgIpc) is 2.80. The van der Waals surface area contributed by atoms with Crippen LogP contribution in [0.3, 0.4) is 0 Å². The average molecular weight is 225 g/mol. The highest BCUT2D eigenvalue weighted by atomic mass is 16.3. The number of para-hydroxylation sites is 2. The van der Waals surface area contributed by atoms with Gasteiger partial charge < -0.3 is 4.42 Å². The van der Waals surface area contributed by atoms with E-state index in [-0.39, 0.29) is 0 Å². The molecule has 1 aromatic carbocycles. The van der Waals surface area contributed by atoms with Crippen molar-refractivity contribution in [3.8, 4) is 0 Å². The van der Waals surface area contributed by atoms with Gasteiger partial charge in [0.2, 0.25) is 0 Å². The standard InChI is InChI=1S/C13H11N3O/c1-2-4-12-11(3-1)16-13(17-12)6-5-10-7-14-9-15-8-10/h1-4,7-9H,5-6H2. The first-order valence-electron chi connectivity index (χ1n) is 5.50. The summed E-state index contributed by atoms with van der Waals surface area (Å²) < 4.78 is 5.64. The van der Waals surface area contributed by atoms with E-state index in [0.717, 1.165) is 35.4 Å². The van der Waals surface area contributed by atoms with E-state index in [4.69, 9.17) is 4.42 Å². The van der Waals surface area contributed by atoms with Crippen molar-refractivity contribution in [1.29, 1.82) is 0 Å². The smallest absolute Gasteiger partial charge is 0.195 e. The molecule has 0 amide bonds. The maximum atomic E-state index is 5.64. The molecule has 2 heterocycles. The summed E-state index contributed by atoms with van der Waals surface area (Å²) >= 11 is 0. The predicted octanol–water partition coefficient (Wildman–Crippen LogP) is 2.40. The van der Waals surface area contributed by atoms with Crippen LogP contribution in [0.15, 0.2) is 47.4 Å².